The quantitative estimate of drug-likeness (QED) is 0.0958. The number of aromatic nitrogens is 4. The van der Waals surface area contributed by atoms with E-state index in [-0.39, 0.29) is 21.1 Å². The first-order chi connectivity index (χ1) is 25.6. The van der Waals surface area contributed by atoms with E-state index < -0.39 is 7.92 Å². The van der Waals surface area contributed by atoms with Gasteiger partial charge in [0, 0.05) is 11.4 Å². The van der Waals surface area contributed by atoms with Crippen molar-refractivity contribution >= 4 is 23.8 Å². The van der Waals surface area contributed by atoms with Gasteiger partial charge >= 0.3 is 21.1 Å². The SMILES string of the molecule is CC(C)c1cccc(C(C)C)c1-n1cnc(-c2[c-]c(P(c3[c-]c(-c4cn(-c5c(C(C)C)cccc5C(C)C)cn4)ccc3)c3ccccc3)ccc2)c1.[Pt+2]. The fraction of sp³-hybridized carbons (Fsp3) is 0.250. The van der Waals surface area contributed by atoms with Crippen molar-refractivity contribution in [1.29, 1.82) is 0 Å². The molecule has 0 saturated heterocycles. The molecule has 0 atom stereocenters. The molecular formula is C48H49N4PPt. The Kier molecular flexibility index (Phi) is 12.4. The summed E-state index contributed by atoms with van der Waals surface area (Å²) in [6.45, 7) is 18.1. The van der Waals surface area contributed by atoms with E-state index in [1.165, 1.54) is 38.9 Å². The van der Waals surface area contributed by atoms with Crippen LogP contribution in [0.4, 0.5) is 0 Å². The third-order valence-corrected chi connectivity index (χ3v) is 12.3. The zero-order valence-corrected chi connectivity index (χ0v) is 35.7. The van der Waals surface area contributed by atoms with Crippen molar-refractivity contribution in [1.82, 2.24) is 19.1 Å². The maximum atomic E-state index is 4.95. The van der Waals surface area contributed by atoms with Crippen LogP contribution in [0.2, 0.25) is 0 Å². The van der Waals surface area contributed by atoms with E-state index in [4.69, 9.17) is 9.97 Å². The van der Waals surface area contributed by atoms with Gasteiger partial charge < -0.3 is 9.13 Å². The summed E-state index contributed by atoms with van der Waals surface area (Å²) in [6, 6.07) is 44.7. The summed E-state index contributed by atoms with van der Waals surface area (Å²) in [5.74, 6) is 1.59. The van der Waals surface area contributed by atoms with Gasteiger partial charge in [0.05, 0.1) is 24.0 Å². The number of nitrogens with zero attached hydrogens (tertiary/aromatic N) is 4. The number of imidazole rings is 2. The van der Waals surface area contributed by atoms with E-state index in [0.29, 0.717) is 23.7 Å². The smallest absolute Gasteiger partial charge is 0.315 e. The second-order valence-electron chi connectivity index (χ2n) is 15.1. The van der Waals surface area contributed by atoms with Crippen LogP contribution in [0.25, 0.3) is 33.9 Å². The summed E-state index contributed by atoms with van der Waals surface area (Å²) in [7, 11) is -0.969. The zero-order chi connectivity index (χ0) is 37.2. The molecule has 0 saturated carbocycles. The Morgan fingerprint density at radius 3 is 1.20 bits per heavy atom. The van der Waals surface area contributed by atoms with Crippen molar-refractivity contribution in [3.8, 4) is 33.9 Å². The topological polar surface area (TPSA) is 35.6 Å². The molecule has 0 amide bonds. The Labute approximate surface area is 337 Å². The molecule has 0 aliphatic carbocycles. The van der Waals surface area contributed by atoms with Crippen LogP contribution in [0.3, 0.4) is 0 Å². The minimum atomic E-state index is -0.969. The third-order valence-electron chi connectivity index (χ3n) is 9.97. The zero-order valence-electron chi connectivity index (χ0n) is 32.5. The first kappa shape index (κ1) is 39.3. The van der Waals surface area contributed by atoms with Gasteiger partial charge in [0.2, 0.25) is 0 Å². The number of benzene rings is 5. The van der Waals surface area contributed by atoms with Crippen molar-refractivity contribution in [2.24, 2.45) is 0 Å². The minimum absolute atomic E-state index is 0. The largest absolute Gasteiger partial charge is 2.00 e. The summed E-state index contributed by atoms with van der Waals surface area (Å²) in [6.07, 6.45) is 8.25. The molecule has 4 nitrogen and oxygen atoms in total. The van der Waals surface area contributed by atoms with Gasteiger partial charge in [0.15, 0.2) is 0 Å². The second-order valence-corrected chi connectivity index (χ2v) is 17.2. The fourth-order valence-corrected chi connectivity index (χ4v) is 9.47. The molecule has 54 heavy (non-hydrogen) atoms. The van der Waals surface area contributed by atoms with Gasteiger partial charge in [-0.15, -0.1) is 70.3 Å². The molecule has 0 aliphatic heterocycles. The van der Waals surface area contributed by atoms with Crippen LogP contribution in [0, 0.1) is 12.1 Å². The molecule has 6 heteroatoms. The summed E-state index contributed by atoms with van der Waals surface area (Å²) in [4.78, 5) is 9.89. The Bertz CT molecular complexity index is 2140. The first-order valence-electron chi connectivity index (χ1n) is 18.9. The minimum Gasteiger partial charge on any atom is -0.315 e. The number of rotatable bonds is 11. The molecule has 0 aliphatic rings. The molecule has 0 bridgehead atoms. The van der Waals surface area contributed by atoms with E-state index in [0.717, 1.165) is 33.1 Å². The Morgan fingerprint density at radius 2 is 0.833 bits per heavy atom. The van der Waals surface area contributed by atoms with Gasteiger partial charge in [-0.1, -0.05) is 130 Å². The molecule has 7 aromatic rings. The van der Waals surface area contributed by atoms with Gasteiger partial charge in [-0.2, -0.15) is 0 Å². The Hall–Kier alpha value is -4.36. The Morgan fingerprint density at radius 1 is 0.463 bits per heavy atom. The third kappa shape index (κ3) is 8.02. The molecule has 0 fully saturated rings. The Balaban J connectivity index is 0.00000497. The van der Waals surface area contributed by atoms with Crippen LogP contribution in [-0.4, -0.2) is 19.1 Å². The molecule has 2 aromatic heterocycles. The number of hydrogen-bond acceptors (Lipinski definition) is 2. The first-order valence-corrected chi connectivity index (χ1v) is 20.2. The molecule has 5 aromatic carbocycles. The van der Waals surface area contributed by atoms with Gasteiger partial charge in [-0.25, -0.2) is 0 Å². The normalized spacial score (nSPS) is 11.6. The summed E-state index contributed by atoms with van der Waals surface area (Å²) in [5, 5.41) is 3.52. The average molecular weight is 908 g/mol. The molecule has 2 heterocycles. The van der Waals surface area contributed by atoms with Crippen molar-refractivity contribution in [3.63, 3.8) is 0 Å². The monoisotopic (exact) mass is 907 g/mol. The summed E-state index contributed by atoms with van der Waals surface area (Å²) >= 11 is 0. The molecular weight excluding hydrogens is 859 g/mol. The van der Waals surface area contributed by atoms with Crippen LogP contribution in [0.5, 0.6) is 0 Å². The average Bonchev–Trinajstić information content (AvgIpc) is 3.86. The van der Waals surface area contributed by atoms with Crippen LogP contribution >= 0.6 is 7.92 Å². The van der Waals surface area contributed by atoms with E-state index in [2.05, 4.69) is 192 Å². The van der Waals surface area contributed by atoms with Crippen LogP contribution in [-0.2, 0) is 21.1 Å². The van der Waals surface area contributed by atoms with Gasteiger partial charge in [0.1, 0.15) is 0 Å². The predicted molar refractivity (Wildman–Crippen MR) is 224 cm³/mol. The van der Waals surface area contributed by atoms with Crippen LogP contribution < -0.4 is 15.9 Å². The van der Waals surface area contributed by atoms with E-state index in [1.54, 1.807) is 0 Å². The van der Waals surface area contributed by atoms with Gasteiger partial charge in [0.25, 0.3) is 0 Å². The van der Waals surface area contributed by atoms with E-state index in [1.807, 2.05) is 12.7 Å². The molecule has 0 unspecified atom stereocenters. The van der Waals surface area contributed by atoms with Crippen molar-refractivity contribution < 1.29 is 21.1 Å². The molecule has 276 valence electrons. The van der Waals surface area contributed by atoms with Crippen molar-refractivity contribution in [2.75, 3.05) is 0 Å². The van der Waals surface area contributed by atoms with E-state index in [9.17, 15) is 0 Å². The summed E-state index contributed by atoms with van der Waals surface area (Å²) < 4.78 is 4.42. The summed E-state index contributed by atoms with van der Waals surface area (Å²) in [5.41, 5.74) is 11.6. The van der Waals surface area contributed by atoms with Gasteiger partial charge in [-0.3, -0.25) is 9.97 Å². The van der Waals surface area contributed by atoms with Crippen molar-refractivity contribution in [2.45, 2.75) is 79.1 Å². The molecule has 0 radical (unpaired) electrons. The fourth-order valence-electron chi connectivity index (χ4n) is 7.25. The second kappa shape index (κ2) is 17.0. The maximum Gasteiger partial charge on any atom is 2.00 e. The van der Waals surface area contributed by atoms with Crippen LogP contribution in [0.1, 0.15) is 101 Å². The van der Waals surface area contributed by atoms with Crippen molar-refractivity contribution in [3.05, 3.63) is 163 Å². The predicted octanol–water partition coefficient (Wildman–Crippen LogP) is 11.2. The molecule has 7 rings (SSSR count). The molecule has 0 spiro atoms. The number of hydrogen-bond donors (Lipinski definition) is 0. The number of para-hydroxylation sites is 2. The van der Waals surface area contributed by atoms with Gasteiger partial charge in [-0.05, 0) is 63.6 Å². The van der Waals surface area contributed by atoms with Crippen LogP contribution in [0.15, 0.2) is 128 Å². The van der Waals surface area contributed by atoms with E-state index >= 15 is 0 Å². The maximum absolute atomic E-state index is 4.95. The molecule has 0 N–H and O–H groups in total. The standard InChI is InChI=1S/C48H49N4P.Pt/c1-32(2)41-22-14-23-42(33(3)4)47(41)51-28-45(49-30-51)36-16-12-20-39(26-36)53(38-18-10-9-11-19-38)40-21-13-17-37(27-40)46-29-52(31-50-46)48-43(34(5)6)24-15-25-44(48)35(7)8;/h9-25,28-35H,1-8H3;/q-2;+2.